The van der Waals surface area contributed by atoms with E-state index in [0.717, 1.165) is 10.3 Å². The predicted octanol–water partition coefficient (Wildman–Crippen LogP) is 3.80. The Kier molecular flexibility index (Phi) is 3.63. The van der Waals surface area contributed by atoms with Crippen molar-refractivity contribution in [1.82, 2.24) is 9.36 Å². The number of nitrogens with two attached hydrogens (primary N) is 1. The number of aromatic nitrogens is 2. The lowest BCUT2D eigenvalue weighted by Gasteiger charge is -2.04. The normalized spacial score (nSPS) is 10.8. The molecule has 0 aliphatic carbocycles. The average molecular weight is 314 g/mol. The first-order chi connectivity index (χ1) is 8.06. The molecule has 0 aliphatic rings. The molecule has 2 rings (SSSR count). The zero-order valence-corrected chi connectivity index (χ0v) is 11.9. The van der Waals surface area contributed by atoms with Crippen LogP contribution in [0.15, 0.2) is 22.7 Å². The minimum Gasteiger partial charge on any atom is -0.428 e. The molecule has 1 aromatic heterocycles. The molecule has 0 bridgehead atoms. The van der Waals surface area contributed by atoms with Gasteiger partial charge in [0, 0.05) is 21.9 Å². The second-order valence-corrected chi connectivity index (χ2v) is 5.49. The molecular weight excluding hydrogens is 302 g/mol. The highest BCUT2D eigenvalue weighted by Crippen LogP contribution is 2.31. The van der Waals surface area contributed by atoms with Gasteiger partial charge in [-0.3, -0.25) is 0 Å². The van der Waals surface area contributed by atoms with Gasteiger partial charge in [0.15, 0.2) is 5.75 Å². The molecule has 0 radical (unpaired) electrons. The number of rotatable bonds is 3. The number of hydrogen-bond donors (Lipinski definition) is 1. The van der Waals surface area contributed by atoms with Crippen LogP contribution in [0.3, 0.4) is 0 Å². The SMILES string of the molecule is CC(C)c1nsc(Oc2ccc(Br)cc2N)n1. The lowest BCUT2D eigenvalue weighted by molar-refractivity contribution is 0.478. The van der Waals surface area contributed by atoms with Crippen molar-refractivity contribution in [3.8, 4) is 10.9 Å². The summed E-state index contributed by atoms with van der Waals surface area (Å²) < 4.78 is 10.7. The lowest BCUT2D eigenvalue weighted by atomic mass is 10.2. The summed E-state index contributed by atoms with van der Waals surface area (Å²) in [5.74, 6) is 1.69. The van der Waals surface area contributed by atoms with Crippen LogP contribution in [-0.4, -0.2) is 9.36 Å². The summed E-state index contributed by atoms with van der Waals surface area (Å²) >= 11 is 4.58. The third kappa shape index (κ3) is 2.95. The van der Waals surface area contributed by atoms with Gasteiger partial charge in [-0.05, 0) is 18.2 Å². The molecule has 1 heterocycles. The number of halogens is 1. The van der Waals surface area contributed by atoms with Crippen LogP contribution < -0.4 is 10.5 Å². The molecule has 17 heavy (non-hydrogen) atoms. The first kappa shape index (κ1) is 12.3. The summed E-state index contributed by atoms with van der Waals surface area (Å²) in [4.78, 5) is 4.29. The highest BCUT2D eigenvalue weighted by Gasteiger charge is 2.10. The quantitative estimate of drug-likeness (QED) is 0.875. The van der Waals surface area contributed by atoms with E-state index in [1.807, 2.05) is 19.9 Å². The van der Waals surface area contributed by atoms with Gasteiger partial charge < -0.3 is 10.5 Å². The Labute approximate surface area is 112 Å². The second-order valence-electron chi connectivity index (χ2n) is 3.86. The van der Waals surface area contributed by atoms with Gasteiger partial charge in [0.2, 0.25) is 0 Å². The Morgan fingerprint density at radius 1 is 1.41 bits per heavy atom. The van der Waals surface area contributed by atoms with E-state index in [2.05, 4.69) is 25.3 Å². The van der Waals surface area contributed by atoms with E-state index < -0.39 is 0 Å². The van der Waals surface area contributed by atoms with Gasteiger partial charge >= 0.3 is 0 Å². The van der Waals surface area contributed by atoms with Crippen molar-refractivity contribution in [3.63, 3.8) is 0 Å². The second kappa shape index (κ2) is 5.01. The largest absolute Gasteiger partial charge is 0.428 e. The van der Waals surface area contributed by atoms with Crippen molar-refractivity contribution in [1.29, 1.82) is 0 Å². The number of ether oxygens (including phenoxy) is 1. The first-order valence-corrected chi connectivity index (χ1v) is 6.69. The summed E-state index contributed by atoms with van der Waals surface area (Å²) in [5.41, 5.74) is 6.41. The lowest BCUT2D eigenvalue weighted by Crippen LogP contribution is -1.93. The summed E-state index contributed by atoms with van der Waals surface area (Å²) in [6, 6.07) is 5.46. The van der Waals surface area contributed by atoms with Crippen LogP contribution in [0, 0.1) is 0 Å². The number of nitrogen functional groups attached to an aromatic ring is 1. The molecule has 6 heteroatoms. The van der Waals surface area contributed by atoms with E-state index in [0.29, 0.717) is 22.5 Å². The Morgan fingerprint density at radius 2 is 2.18 bits per heavy atom. The fraction of sp³-hybridized carbons (Fsp3) is 0.273. The van der Waals surface area contributed by atoms with Crippen LogP contribution in [0.25, 0.3) is 0 Å². The molecule has 2 aromatic rings. The molecule has 2 N–H and O–H groups in total. The first-order valence-electron chi connectivity index (χ1n) is 5.12. The van der Waals surface area contributed by atoms with Gasteiger partial charge in [-0.1, -0.05) is 29.8 Å². The highest BCUT2D eigenvalue weighted by atomic mass is 79.9. The van der Waals surface area contributed by atoms with E-state index >= 15 is 0 Å². The van der Waals surface area contributed by atoms with Crippen molar-refractivity contribution < 1.29 is 4.74 Å². The van der Waals surface area contributed by atoms with E-state index in [1.54, 1.807) is 12.1 Å². The van der Waals surface area contributed by atoms with Crippen LogP contribution in [0.4, 0.5) is 5.69 Å². The zero-order valence-electron chi connectivity index (χ0n) is 9.48. The maximum absolute atomic E-state index is 5.84. The molecule has 90 valence electrons. The number of benzene rings is 1. The topological polar surface area (TPSA) is 61.0 Å². The fourth-order valence-electron chi connectivity index (χ4n) is 1.20. The van der Waals surface area contributed by atoms with Crippen LogP contribution >= 0.6 is 27.5 Å². The Morgan fingerprint density at radius 3 is 2.76 bits per heavy atom. The molecule has 1 aromatic carbocycles. The Balaban J connectivity index is 2.19. The van der Waals surface area contributed by atoms with Gasteiger partial charge in [0.25, 0.3) is 5.19 Å². The summed E-state index contributed by atoms with van der Waals surface area (Å²) in [6.45, 7) is 4.08. The van der Waals surface area contributed by atoms with Gasteiger partial charge in [-0.2, -0.15) is 9.36 Å². The maximum atomic E-state index is 5.84. The minimum absolute atomic E-state index is 0.297. The maximum Gasteiger partial charge on any atom is 0.298 e. The molecule has 0 spiro atoms. The number of nitrogens with zero attached hydrogens (tertiary/aromatic N) is 2. The third-order valence-electron chi connectivity index (χ3n) is 2.11. The van der Waals surface area contributed by atoms with E-state index in [9.17, 15) is 0 Å². The van der Waals surface area contributed by atoms with Crippen LogP contribution in [0.5, 0.6) is 10.9 Å². The summed E-state index contributed by atoms with van der Waals surface area (Å²) in [7, 11) is 0. The van der Waals surface area contributed by atoms with Gasteiger partial charge in [0.1, 0.15) is 5.82 Å². The number of hydrogen-bond acceptors (Lipinski definition) is 5. The van der Waals surface area contributed by atoms with Crippen molar-refractivity contribution >= 4 is 33.1 Å². The Bertz CT molecular complexity index is 527. The smallest absolute Gasteiger partial charge is 0.298 e. The van der Waals surface area contributed by atoms with Crippen LogP contribution in [0.1, 0.15) is 25.6 Å². The fourth-order valence-corrected chi connectivity index (χ4v) is 2.27. The predicted molar refractivity (Wildman–Crippen MR) is 72.6 cm³/mol. The van der Waals surface area contributed by atoms with E-state index in [-0.39, 0.29) is 0 Å². The van der Waals surface area contributed by atoms with Gasteiger partial charge in [-0.25, -0.2) is 0 Å². The molecular formula is C11H12BrN3OS. The van der Waals surface area contributed by atoms with Crippen molar-refractivity contribution in [3.05, 3.63) is 28.5 Å². The third-order valence-corrected chi connectivity index (χ3v) is 3.21. The molecule has 0 saturated carbocycles. The molecule has 0 fully saturated rings. The van der Waals surface area contributed by atoms with Crippen molar-refractivity contribution in [2.24, 2.45) is 0 Å². The molecule has 4 nitrogen and oxygen atoms in total. The summed E-state index contributed by atoms with van der Waals surface area (Å²) in [6.07, 6.45) is 0. The van der Waals surface area contributed by atoms with Gasteiger partial charge in [-0.15, -0.1) is 0 Å². The zero-order chi connectivity index (χ0) is 12.4. The van der Waals surface area contributed by atoms with Gasteiger partial charge in [0.05, 0.1) is 5.69 Å². The Hall–Kier alpha value is -1.14. The van der Waals surface area contributed by atoms with Crippen molar-refractivity contribution in [2.75, 3.05) is 5.73 Å². The number of anilines is 1. The molecule has 0 amide bonds. The molecule has 0 atom stereocenters. The van der Waals surface area contributed by atoms with Crippen LogP contribution in [-0.2, 0) is 0 Å². The molecule has 0 saturated heterocycles. The minimum atomic E-state index is 0.297. The van der Waals surface area contributed by atoms with Crippen LogP contribution in [0.2, 0.25) is 0 Å². The molecule has 0 unspecified atom stereocenters. The highest BCUT2D eigenvalue weighted by molar-refractivity contribution is 9.10. The monoisotopic (exact) mass is 313 g/mol. The summed E-state index contributed by atoms with van der Waals surface area (Å²) in [5, 5.41) is 0.516. The average Bonchev–Trinajstić information content (AvgIpc) is 2.71. The van der Waals surface area contributed by atoms with E-state index in [4.69, 9.17) is 10.5 Å². The van der Waals surface area contributed by atoms with Crippen molar-refractivity contribution in [2.45, 2.75) is 19.8 Å². The molecule has 0 aliphatic heterocycles. The standard InChI is InChI=1S/C11H12BrN3OS/c1-6(2)10-14-11(17-15-10)16-9-4-3-7(12)5-8(9)13/h3-6H,13H2,1-2H3. The van der Waals surface area contributed by atoms with E-state index in [1.165, 1.54) is 11.5 Å².